The fourth-order valence-corrected chi connectivity index (χ4v) is 4.93. The molecule has 0 saturated heterocycles. The summed E-state index contributed by atoms with van der Waals surface area (Å²) in [4.78, 5) is 12.6. The predicted octanol–water partition coefficient (Wildman–Crippen LogP) is 5.32. The number of carbonyl (C=O) groups excluding carboxylic acids is 1. The molecule has 0 atom stereocenters. The Morgan fingerprint density at radius 3 is 2.16 bits per heavy atom. The van der Waals surface area contributed by atoms with E-state index in [1.54, 1.807) is 32.0 Å². The highest BCUT2D eigenvalue weighted by Gasteiger charge is 2.27. The topological polar surface area (TPSA) is 80.7 Å². The van der Waals surface area contributed by atoms with Gasteiger partial charge in [0, 0.05) is 11.1 Å². The Morgan fingerprint density at radius 1 is 0.906 bits per heavy atom. The molecular formula is C26H28O5S. The monoisotopic (exact) mass is 452 g/mol. The summed E-state index contributed by atoms with van der Waals surface area (Å²) in [5, 5.41) is 10.5. The normalized spacial score (nSPS) is 16.3. The number of Topliss-reactive ketones (excluding diaryl/α,β-unsaturated/α-hetero) is 1. The van der Waals surface area contributed by atoms with E-state index in [0.717, 1.165) is 34.9 Å². The first kappa shape index (κ1) is 23.7. The van der Waals surface area contributed by atoms with Crippen LogP contribution in [0.25, 0.3) is 5.57 Å². The van der Waals surface area contributed by atoms with E-state index in [-0.39, 0.29) is 16.4 Å². The Balaban J connectivity index is 2.59. The minimum atomic E-state index is -4.00. The molecule has 0 saturated carbocycles. The lowest BCUT2D eigenvalue weighted by atomic mass is 9.80. The number of phenols is 1. The van der Waals surface area contributed by atoms with Crippen LogP contribution in [0.1, 0.15) is 48.6 Å². The van der Waals surface area contributed by atoms with Crippen molar-refractivity contribution in [2.45, 2.75) is 46.4 Å². The van der Waals surface area contributed by atoms with E-state index in [9.17, 15) is 18.3 Å². The van der Waals surface area contributed by atoms with Gasteiger partial charge >= 0.3 is 0 Å². The maximum Gasteiger partial charge on any atom is 0.297 e. The van der Waals surface area contributed by atoms with Crippen LogP contribution in [0.4, 0.5) is 0 Å². The second-order valence-corrected chi connectivity index (χ2v) is 9.83. The van der Waals surface area contributed by atoms with Gasteiger partial charge in [-0.1, -0.05) is 18.2 Å². The summed E-state index contributed by atoms with van der Waals surface area (Å²) in [5.74, 6) is 0.181. The number of carbonyl (C=O) groups is 1. The molecule has 6 heteroatoms. The summed E-state index contributed by atoms with van der Waals surface area (Å²) >= 11 is 0. The number of ketones is 1. The van der Waals surface area contributed by atoms with Crippen molar-refractivity contribution in [3.63, 3.8) is 0 Å². The van der Waals surface area contributed by atoms with Crippen molar-refractivity contribution in [2.75, 3.05) is 7.11 Å². The maximum atomic E-state index is 12.8. The molecule has 168 valence electrons. The first-order chi connectivity index (χ1) is 14.9. The van der Waals surface area contributed by atoms with Crippen LogP contribution in [0.3, 0.4) is 0 Å². The van der Waals surface area contributed by atoms with Gasteiger partial charge in [-0.25, -0.2) is 0 Å². The van der Waals surface area contributed by atoms with E-state index in [0.29, 0.717) is 27.8 Å². The quantitative estimate of drug-likeness (QED) is 0.635. The molecule has 1 aliphatic rings. The van der Waals surface area contributed by atoms with Crippen LogP contribution in [0, 0.1) is 20.8 Å². The third kappa shape index (κ3) is 3.85. The molecule has 0 amide bonds. The van der Waals surface area contributed by atoms with Gasteiger partial charge in [-0.05, 0) is 104 Å². The van der Waals surface area contributed by atoms with Gasteiger partial charge in [0.15, 0.2) is 5.78 Å². The number of hydrogen-bond donors (Lipinski definition) is 1. The SMILES string of the molecule is COS(=O)(=O)c1ccccc1/C(=C1\C=C(C)C(=O)C(C)=C1C)c1cc(C)c(O)c(C)c1C. The number of aromatic hydroxyl groups is 1. The third-order valence-corrected chi connectivity index (χ3v) is 7.60. The first-order valence-corrected chi connectivity index (χ1v) is 11.7. The minimum Gasteiger partial charge on any atom is -0.507 e. The van der Waals surface area contributed by atoms with E-state index < -0.39 is 10.1 Å². The summed E-state index contributed by atoms with van der Waals surface area (Å²) in [7, 11) is -2.87. The van der Waals surface area contributed by atoms with Crippen LogP contribution in [-0.2, 0) is 19.1 Å². The molecule has 0 fully saturated rings. The van der Waals surface area contributed by atoms with Crippen molar-refractivity contribution in [3.8, 4) is 5.75 Å². The smallest absolute Gasteiger partial charge is 0.297 e. The molecule has 0 heterocycles. The van der Waals surface area contributed by atoms with Crippen molar-refractivity contribution in [1.82, 2.24) is 0 Å². The molecule has 3 rings (SSSR count). The Kier molecular flexibility index (Phi) is 6.31. The number of benzene rings is 2. The molecule has 32 heavy (non-hydrogen) atoms. The second-order valence-electron chi connectivity index (χ2n) is 8.15. The van der Waals surface area contributed by atoms with E-state index in [4.69, 9.17) is 4.18 Å². The highest BCUT2D eigenvalue weighted by Crippen LogP contribution is 2.42. The summed E-state index contributed by atoms with van der Waals surface area (Å²) in [6, 6.07) is 8.54. The van der Waals surface area contributed by atoms with Gasteiger partial charge in [0.25, 0.3) is 10.1 Å². The van der Waals surface area contributed by atoms with Gasteiger partial charge in [0.05, 0.1) is 7.11 Å². The average Bonchev–Trinajstić information content (AvgIpc) is 2.78. The Bertz CT molecular complexity index is 1340. The zero-order valence-electron chi connectivity index (χ0n) is 19.5. The van der Waals surface area contributed by atoms with E-state index >= 15 is 0 Å². The minimum absolute atomic E-state index is 0.0295. The fraction of sp³-hybridized carbons (Fsp3) is 0.269. The highest BCUT2D eigenvalue weighted by molar-refractivity contribution is 7.86. The van der Waals surface area contributed by atoms with Gasteiger partial charge in [0.1, 0.15) is 10.6 Å². The van der Waals surface area contributed by atoms with Gasteiger partial charge in [-0.3, -0.25) is 8.98 Å². The van der Waals surface area contributed by atoms with Gasteiger partial charge in [-0.15, -0.1) is 0 Å². The summed E-state index contributed by atoms with van der Waals surface area (Å²) < 4.78 is 30.5. The number of hydrogen-bond acceptors (Lipinski definition) is 5. The number of allylic oxidation sites excluding steroid dienone is 5. The Hall–Kier alpha value is -2.96. The first-order valence-electron chi connectivity index (χ1n) is 10.3. The molecule has 0 bridgehead atoms. The second kappa shape index (κ2) is 8.52. The molecule has 0 spiro atoms. The maximum absolute atomic E-state index is 12.8. The Morgan fingerprint density at radius 2 is 1.53 bits per heavy atom. The molecule has 2 aromatic rings. The van der Waals surface area contributed by atoms with E-state index in [1.807, 2.05) is 39.8 Å². The molecule has 0 radical (unpaired) electrons. The lowest BCUT2D eigenvalue weighted by molar-refractivity contribution is -0.112. The Labute approximate surface area is 189 Å². The number of phenolic OH excluding ortho intramolecular Hbond substituents is 1. The van der Waals surface area contributed by atoms with Gasteiger partial charge in [0.2, 0.25) is 0 Å². The third-order valence-electron chi connectivity index (χ3n) is 6.27. The molecule has 2 aromatic carbocycles. The number of aryl methyl sites for hydroxylation is 1. The van der Waals surface area contributed by atoms with E-state index in [1.165, 1.54) is 6.07 Å². The van der Waals surface area contributed by atoms with Gasteiger partial charge < -0.3 is 5.11 Å². The molecule has 0 unspecified atom stereocenters. The van der Waals surface area contributed by atoms with Crippen molar-refractivity contribution in [3.05, 3.63) is 86.5 Å². The zero-order chi connectivity index (χ0) is 24.0. The molecule has 1 N–H and O–H groups in total. The molecule has 0 aliphatic heterocycles. The van der Waals surface area contributed by atoms with E-state index in [2.05, 4.69) is 0 Å². The molecule has 0 aromatic heterocycles. The van der Waals surface area contributed by atoms with Crippen LogP contribution in [-0.4, -0.2) is 26.4 Å². The van der Waals surface area contributed by atoms with Gasteiger partial charge in [-0.2, -0.15) is 8.42 Å². The standard InChI is InChI=1S/C26H28O5S/c1-14-12-21(16(3)18(5)25(14)27)24(22-13-15(2)26(28)19(6)17(22)4)20-10-8-9-11-23(20)32(29,30)31-7/h8-13,27H,1-7H3/b24-22-. The van der Waals surface area contributed by atoms with Crippen LogP contribution in [0.15, 0.2) is 63.6 Å². The highest BCUT2D eigenvalue weighted by atomic mass is 32.2. The van der Waals surface area contributed by atoms with Crippen LogP contribution in [0.2, 0.25) is 0 Å². The zero-order valence-corrected chi connectivity index (χ0v) is 20.3. The average molecular weight is 453 g/mol. The van der Waals surface area contributed by atoms with Crippen LogP contribution in [0.5, 0.6) is 5.75 Å². The summed E-state index contributed by atoms with van der Waals surface area (Å²) in [6.45, 7) is 11.0. The fourth-order valence-electron chi connectivity index (χ4n) is 4.06. The molecule has 1 aliphatic carbocycles. The molecular weight excluding hydrogens is 424 g/mol. The van der Waals surface area contributed by atoms with Crippen molar-refractivity contribution in [1.29, 1.82) is 0 Å². The number of rotatable bonds is 4. The summed E-state index contributed by atoms with van der Waals surface area (Å²) in [6.07, 6.45) is 1.81. The largest absolute Gasteiger partial charge is 0.507 e. The molecule has 5 nitrogen and oxygen atoms in total. The van der Waals surface area contributed by atoms with Crippen molar-refractivity contribution >= 4 is 21.5 Å². The summed E-state index contributed by atoms with van der Waals surface area (Å²) in [5.41, 5.74) is 6.91. The predicted molar refractivity (Wildman–Crippen MR) is 126 cm³/mol. The lowest BCUT2D eigenvalue weighted by Gasteiger charge is -2.24. The van der Waals surface area contributed by atoms with Crippen LogP contribution >= 0.6 is 0 Å². The van der Waals surface area contributed by atoms with Crippen molar-refractivity contribution < 1.29 is 22.5 Å². The van der Waals surface area contributed by atoms with Crippen LogP contribution < -0.4 is 0 Å². The lowest BCUT2D eigenvalue weighted by Crippen LogP contribution is -2.13. The van der Waals surface area contributed by atoms with Crippen molar-refractivity contribution in [2.24, 2.45) is 0 Å².